The maximum atomic E-state index is 12.3. The van der Waals surface area contributed by atoms with Crippen molar-refractivity contribution in [2.75, 3.05) is 26.2 Å². The summed E-state index contributed by atoms with van der Waals surface area (Å²) in [7, 11) is 0. The zero-order chi connectivity index (χ0) is 16.9. The van der Waals surface area contributed by atoms with Gasteiger partial charge in [0.1, 0.15) is 11.5 Å². The number of nitrogens with one attached hydrogen (secondary N) is 1. The highest BCUT2D eigenvalue weighted by molar-refractivity contribution is 6.39. The fourth-order valence-electron chi connectivity index (χ4n) is 2.56. The number of hydrogen-bond acceptors (Lipinski definition) is 5. The van der Waals surface area contributed by atoms with Crippen molar-refractivity contribution < 1.29 is 19.1 Å². The Balaban J connectivity index is 1.51. The van der Waals surface area contributed by atoms with Crippen LogP contribution in [0.15, 0.2) is 35.4 Å². The molecular formula is C16H18N4O4. The van der Waals surface area contributed by atoms with Gasteiger partial charge in [0.15, 0.2) is 0 Å². The molecule has 0 spiro atoms. The van der Waals surface area contributed by atoms with E-state index in [1.165, 1.54) is 0 Å². The van der Waals surface area contributed by atoms with Crippen molar-refractivity contribution in [2.24, 2.45) is 5.10 Å². The predicted molar refractivity (Wildman–Crippen MR) is 85.4 cm³/mol. The van der Waals surface area contributed by atoms with Crippen LogP contribution in [0.25, 0.3) is 0 Å². The smallest absolute Gasteiger partial charge is 0.410 e. The SMILES string of the molecule is O=C1CCC(C(=O)N2CCN(C(=O)Oc3ccccc3)CC2)=NN1. The average molecular weight is 330 g/mol. The molecule has 1 aromatic carbocycles. The van der Waals surface area contributed by atoms with E-state index >= 15 is 0 Å². The number of carbonyl (C=O) groups is 3. The summed E-state index contributed by atoms with van der Waals surface area (Å²) in [5.41, 5.74) is 2.68. The van der Waals surface area contributed by atoms with E-state index in [4.69, 9.17) is 4.74 Å². The summed E-state index contributed by atoms with van der Waals surface area (Å²) in [5, 5.41) is 3.82. The van der Waals surface area contributed by atoms with E-state index in [1.54, 1.807) is 34.1 Å². The number of benzene rings is 1. The lowest BCUT2D eigenvalue weighted by molar-refractivity contribution is -0.126. The molecule has 2 aliphatic rings. The molecule has 1 aromatic rings. The standard InChI is InChI=1S/C16H18N4O4/c21-14-7-6-13(17-18-14)15(22)19-8-10-20(11-9-19)16(23)24-12-4-2-1-3-5-12/h1-5H,6-11H2,(H,18,21). The summed E-state index contributed by atoms with van der Waals surface area (Å²) in [6.07, 6.45) is 0.199. The molecule has 1 fully saturated rings. The largest absolute Gasteiger partial charge is 0.415 e. The molecular weight excluding hydrogens is 312 g/mol. The number of hydrazone groups is 1. The quantitative estimate of drug-likeness (QED) is 0.859. The van der Waals surface area contributed by atoms with E-state index in [0.717, 1.165) is 0 Å². The highest BCUT2D eigenvalue weighted by atomic mass is 16.6. The van der Waals surface area contributed by atoms with Crippen LogP contribution in [0.5, 0.6) is 5.75 Å². The van der Waals surface area contributed by atoms with Crippen LogP contribution < -0.4 is 10.2 Å². The second-order valence-corrected chi connectivity index (χ2v) is 5.55. The second-order valence-electron chi connectivity index (χ2n) is 5.55. The Morgan fingerprint density at radius 1 is 1.00 bits per heavy atom. The maximum Gasteiger partial charge on any atom is 0.415 e. The van der Waals surface area contributed by atoms with Crippen molar-refractivity contribution in [3.05, 3.63) is 30.3 Å². The molecule has 8 nitrogen and oxygen atoms in total. The van der Waals surface area contributed by atoms with Gasteiger partial charge in [-0.2, -0.15) is 5.10 Å². The lowest BCUT2D eigenvalue weighted by Crippen LogP contribution is -2.53. The average Bonchev–Trinajstić information content (AvgIpc) is 2.63. The van der Waals surface area contributed by atoms with Gasteiger partial charge in [0.25, 0.3) is 5.91 Å². The van der Waals surface area contributed by atoms with Gasteiger partial charge in [-0.3, -0.25) is 9.59 Å². The van der Waals surface area contributed by atoms with Crippen LogP contribution in [-0.4, -0.2) is 59.6 Å². The van der Waals surface area contributed by atoms with E-state index in [2.05, 4.69) is 10.5 Å². The van der Waals surface area contributed by atoms with Crippen LogP contribution in [0.1, 0.15) is 12.8 Å². The van der Waals surface area contributed by atoms with Crippen molar-refractivity contribution in [3.8, 4) is 5.75 Å². The first-order valence-corrected chi connectivity index (χ1v) is 7.80. The molecule has 2 heterocycles. The lowest BCUT2D eigenvalue weighted by atomic mass is 10.1. The van der Waals surface area contributed by atoms with Crippen molar-refractivity contribution in [1.29, 1.82) is 0 Å². The molecule has 2 aliphatic heterocycles. The number of ether oxygens (including phenoxy) is 1. The number of nitrogens with zero attached hydrogens (tertiary/aromatic N) is 3. The number of piperazine rings is 1. The topological polar surface area (TPSA) is 91.3 Å². The number of para-hydroxylation sites is 1. The summed E-state index contributed by atoms with van der Waals surface area (Å²) in [4.78, 5) is 38.7. The summed E-state index contributed by atoms with van der Waals surface area (Å²) in [6.45, 7) is 1.62. The van der Waals surface area contributed by atoms with E-state index < -0.39 is 6.09 Å². The molecule has 126 valence electrons. The molecule has 1 saturated heterocycles. The number of carbonyl (C=O) groups excluding carboxylic acids is 3. The Morgan fingerprint density at radius 3 is 2.29 bits per heavy atom. The highest BCUT2D eigenvalue weighted by Crippen LogP contribution is 2.12. The zero-order valence-corrected chi connectivity index (χ0v) is 13.1. The molecule has 3 amide bonds. The van der Waals surface area contributed by atoms with Crippen LogP contribution >= 0.6 is 0 Å². The van der Waals surface area contributed by atoms with Gasteiger partial charge in [-0.15, -0.1) is 0 Å². The molecule has 0 aromatic heterocycles. The fourth-order valence-corrected chi connectivity index (χ4v) is 2.56. The molecule has 0 aliphatic carbocycles. The van der Waals surface area contributed by atoms with Gasteiger partial charge in [-0.1, -0.05) is 18.2 Å². The Kier molecular flexibility index (Phi) is 4.74. The van der Waals surface area contributed by atoms with Crippen molar-refractivity contribution >= 4 is 23.6 Å². The van der Waals surface area contributed by atoms with Crippen LogP contribution in [0, 0.1) is 0 Å². The monoisotopic (exact) mass is 330 g/mol. The Labute approximate surface area is 139 Å². The van der Waals surface area contributed by atoms with Gasteiger partial charge >= 0.3 is 6.09 Å². The summed E-state index contributed by atoms with van der Waals surface area (Å²) >= 11 is 0. The first-order chi connectivity index (χ1) is 11.6. The number of hydrogen-bond donors (Lipinski definition) is 1. The second kappa shape index (κ2) is 7.12. The van der Waals surface area contributed by atoms with E-state index in [0.29, 0.717) is 44.1 Å². The van der Waals surface area contributed by atoms with Gasteiger partial charge in [0.05, 0.1) is 0 Å². The molecule has 1 N–H and O–H groups in total. The van der Waals surface area contributed by atoms with Gasteiger partial charge in [-0.05, 0) is 12.1 Å². The number of rotatable bonds is 2. The molecule has 0 atom stereocenters. The lowest BCUT2D eigenvalue weighted by Gasteiger charge is -2.34. The minimum Gasteiger partial charge on any atom is -0.410 e. The van der Waals surface area contributed by atoms with Crippen LogP contribution in [-0.2, 0) is 9.59 Å². The summed E-state index contributed by atoms with van der Waals surface area (Å²) < 4.78 is 5.29. The Hall–Kier alpha value is -2.90. The molecule has 0 radical (unpaired) electrons. The van der Waals surface area contributed by atoms with Gasteiger partial charge in [0.2, 0.25) is 5.91 Å². The van der Waals surface area contributed by atoms with E-state index in [-0.39, 0.29) is 18.2 Å². The first-order valence-electron chi connectivity index (χ1n) is 7.80. The normalized spacial score (nSPS) is 17.8. The maximum absolute atomic E-state index is 12.3. The molecule has 8 heteroatoms. The molecule has 3 rings (SSSR count). The Bertz CT molecular complexity index is 666. The molecule has 0 saturated carbocycles. The van der Waals surface area contributed by atoms with Gasteiger partial charge in [0, 0.05) is 39.0 Å². The Morgan fingerprint density at radius 2 is 1.67 bits per heavy atom. The minimum absolute atomic E-state index is 0.181. The summed E-state index contributed by atoms with van der Waals surface area (Å²) in [6, 6.07) is 8.87. The predicted octanol–water partition coefficient (Wildman–Crippen LogP) is 0.596. The van der Waals surface area contributed by atoms with E-state index in [1.807, 2.05) is 6.07 Å². The number of amides is 3. The third-order valence-electron chi connectivity index (χ3n) is 3.92. The first kappa shape index (κ1) is 16.0. The van der Waals surface area contributed by atoms with E-state index in [9.17, 15) is 14.4 Å². The van der Waals surface area contributed by atoms with Crippen LogP contribution in [0.2, 0.25) is 0 Å². The highest BCUT2D eigenvalue weighted by Gasteiger charge is 2.28. The molecule has 0 unspecified atom stereocenters. The van der Waals surface area contributed by atoms with Gasteiger partial charge < -0.3 is 14.5 Å². The van der Waals surface area contributed by atoms with Crippen molar-refractivity contribution in [1.82, 2.24) is 15.2 Å². The van der Waals surface area contributed by atoms with Crippen molar-refractivity contribution in [3.63, 3.8) is 0 Å². The zero-order valence-electron chi connectivity index (χ0n) is 13.1. The van der Waals surface area contributed by atoms with Crippen molar-refractivity contribution in [2.45, 2.75) is 12.8 Å². The summed E-state index contributed by atoms with van der Waals surface area (Å²) in [5.74, 6) is 0.124. The molecule has 24 heavy (non-hydrogen) atoms. The molecule has 0 bridgehead atoms. The third kappa shape index (κ3) is 3.70. The fraction of sp³-hybridized carbons (Fsp3) is 0.375. The third-order valence-corrected chi connectivity index (χ3v) is 3.92. The minimum atomic E-state index is -0.421. The van der Waals surface area contributed by atoms with Crippen LogP contribution in [0.4, 0.5) is 4.79 Å². The van der Waals surface area contributed by atoms with Crippen LogP contribution in [0.3, 0.4) is 0 Å². The van der Waals surface area contributed by atoms with Gasteiger partial charge in [-0.25, -0.2) is 10.2 Å².